The van der Waals surface area contributed by atoms with Crippen molar-refractivity contribution in [3.8, 4) is 0 Å². The SMILES string of the molecule is CO[C@@H]1C=CC[C@H](C(=O)OC(C)(C)C)O1. The maximum atomic E-state index is 11.6. The molecule has 0 saturated heterocycles. The van der Waals surface area contributed by atoms with Crippen LogP contribution in [0.25, 0.3) is 0 Å². The number of hydrogen-bond donors (Lipinski definition) is 0. The summed E-state index contributed by atoms with van der Waals surface area (Å²) >= 11 is 0. The van der Waals surface area contributed by atoms with E-state index in [-0.39, 0.29) is 5.97 Å². The fourth-order valence-electron chi connectivity index (χ4n) is 1.23. The van der Waals surface area contributed by atoms with Crippen LogP contribution in [-0.2, 0) is 19.0 Å². The van der Waals surface area contributed by atoms with E-state index in [1.54, 1.807) is 6.08 Å². The number of hydrogen-bond acceptors (Lipinski definition) is 4. The molecule has 15 heavy (non-hydrogen) atoms. The molecule has 0 unspecified atom stereocenters. The highest BCUT2D eigenvalue weighted by molar-refractivity contribution is 5.75. The second-order valence-corrected chi connectivity index (χ2v) is 4.43. The number of carbonyl (C=O) groups is 1. The van der Waals surface area contributed by atoms with E-state index in [1.807, 2.05) is 26.8 Å². The van der Waals surface area contributed by atoms with Crippen LogP contribution in [0, 0.1) is 0 Å². The van der Waals surface area contributed by atoms with Crippen molar-refractivity contribution in [3.05, 3.63) is 12.2 Å². The smallest absolute Gasteiger partial charge is 0.336 e. The average Bonchev–Trinajstić information content (AvgIpc) is 2.15. The minimum Gasteiger partial charge on any atom is -0.458 e. The number of esters is 1. The summed E-state index contributed by atoms with van der Waals surface area (Å²) in [6, 6.07) is 0. The zero-order valence-corrected chi connectivity index (χ0v) is 9.65. The fraction of sp³-hybridized carbons (Fsp3) is 0.727. The molecule has 2 atom stereocenters. The standard InChI is InChI=1S/C11H18O4/c1-11(2,3)15-10(12)8-6-5-7-9(13-4)14-8/h5,7-9H,6H2,1-4H3/t8-,9+/m1/s1. The average molecular weight is 214 g/mol. The molecular weight excluding hydrogens is 196 g/mol. The van der Waals surface area contributed by atoms with Crippen molar-refractivity contribution in [2.45, 2.75) is 45.2 Å². The topological polar surface area (TPSA) is 44.8 Å². The third-order valence-electron chi connectivity index (χ3n) is 1.84. The zero-order valence-electron chi connectivity index (χ0n) is 9.65. The Morgan fingerprint density at radius 2 is 2.13 bits per heavy atom. The Bertz CT molecular complexity index is 252. The molecule has 0 saturated carbocycles. The molecule has 1 heterocycles. The highest BCUT2D eigenvalue weighted by Crippen LogP contribution is 2.17. The molecule has 0 aromatic heterocycles. The number of carbonyl (C=O) groups excluding carboxylic acids is 1. The van der Waals surface area contributed by atoms with Crippen LogP contribution in [0.1, 0.15) is 27.2 Å². The van der Waals surface area contributed by atoms with Gasteiger partial charge in [-0.1, -0.05) is 6.08 Å². The molecule has 4 nitrogen and oxygen atoms in total. The molecule has 1 aliphatic heterocycles. The highest BCUT2D eigenvalue weighted by Gasteiger charge is 2.28. The van der Waals surface area contributed by atoms with Gasteiger partial charge in [-0.3, -0.25) is 0 Å². The Hall–Kier alpha value is -0.870. The summed E-state index contributed by atoms with van der Waals surface area (Å²) in [6.07, 6.45) is 3.18. The molecule has 0 spiro atoms. The summed E-state index contributed by atoms with van der Waals surface area (Å²) < 4.78 is 15.6. The van der Waals surface area contributed by atoms with Crippen LogP contribution in [0.4, 0.5) is 0 Å². The molecule has 4 heteroatoms. The lowest BCUT2D eigenvalue weighted by Crippen LogP contribution is -2.37. The molecule has 0 aromatic carbocycles. The maximum absolute atomic E-state index is 11.6. The Balaban J connectivity index is 2.51. The summed E-state index contributed by atoms with van der Waals surface area (Å²) in [6.45, 7) is 5.49. The predicted molar refractivity (Wildman–Crippen MR) is 55.3 cm³/mol. The Morgan fingerprint density at radius 1 is 1.47 bits per heavy atom. The van der Waals surface area contributed by atoms with Gasteiger partial charge in [0.2, 0.25) is 0 Å². The van der Waals surface area contributed by atoms with Gasteiger partial charge >= 0.3 is 5.97 Å². The van der Waals surface area contributed by atoms with Crippen LogP contribution in [0.15, 0.2) is 12.2 Å². The first-order chi connectivity index (χ1) is 6.92. The lowest BCUT2D eigenvalue weighted by Gasteiger charge is -2.27. The fourth-order valence-corrected chi connectivity index (χ4v) is 1.23. The van der Waals surface area contributed by atoms with Crippen molar-refractivity contribution in [2.24, 2.45) is 0 Å². The largest absolute Gasteiger partial charge is 0.458 e. The summed E-state index contributed by atoms with van der Waals surface area (Å²) in [4.78, 5) is 11.6. The van der Waals surface area contributed by atoms with Crippen LogP contribution in [-0.4, -0.2) is 31.1 Å². The quantitative estimate of drug-likeness (QED) is 0.518. The second-order valence-electron chi connectivity index (χ2n) is 4.43. The van der Waals surface area contributed by atoms with Crippen LogP contribution in [0.3, 0.4) is 0 Å². The molecule has 1 rings (SSSR count). The van der Waals surface area contributed by atoms with E-state index in [0.717, 1.165) is 0 Å². The summed E-state index contributed by atoms with van der Waals surface area (Å²) in [5.74, 6) is -0.339. The van der Waals surface area contributed by atoms with Gasteiger partial charge in [0.25, 0.3) is 0 Å². The Kier molecular flexibility index (Phi) is 3.88. The van der Waals surface area contributed by atoms with Gasteiger partial charge in [-0.05, 0) is 26.8 Å². The minimum absolute atomic E-state index is 0.339. The lowest BCUT2D eigenvalue weighted by molar-refractivity contribution is -0.187. The molecule has 0 fully saturated rings. The first-order valence-electron chi connectivity index (χ1n) is 5.00. The molecule has 0 N–H and O–H groups in total. The zero-order chi connectivity index (χ0) is 11.5. The van der Waals surface area contributed by atoms with E-state index >= 15 is 0 Å². The summed E-state index contributed by atoms with van der Waals surface area (Å²) in [5, 5.41) is 0. The normalized spacial score (nSPS) is 26.4. The van der Waals surface area contributed by atoms with Gasteiger partial charge < -0.3 is 14.2 Å². The Labute approximate surface area is 90.2 Å². The molecule has 86 valence electrons. The van der Waals surface area contributed by atoms with Crippen LogP contribution in [0.5, 0.6) is 0 Å². The van der Waals surface area contributed by atoms with Gasteiger partial charge in [0, 0.05) is 13.5 Å². The molecular formula is C11H18O4. The van der Waals surface area contributed by atoms with E-state index in [4.69, 9.17) is 14.2 Å². The van der Waals surface area contributed by atoms with Crippen molar-refractivity contribution in [3.63, 3.8) is 0 Å². The van der Waals surface area contributed by atoms with Crippen LogP contribution >= 0.6 is 0 Å². The number of methoxy groups -OCH3 is 1. The van der Waals surface area contributed by atoms with Gasteiger partial charge in [0.05, 0.1) is 0 Å². The highest BCUT2D eigenvalue weighted by atomic mass is 16.7. The van der Waals surface area contributed by atoms with Gasteiger partial charge in [0.1, 0.15) is 5.60 Å². The minimum atomic E-state index is -0.556. The number of rotatable bonds is 2. The van der Waals surface area contributed by atoms with E-state index in [9.17, 15) is 4.79 Å². The first kappa shape index (κ1) is 12.2. The predicted octanol–water partition coefficient (Wildman–Crippen LogP) is 1.65. The van der Waals surface area contributed by atoms with Crippen molar-refractivity contribution in [2.75, 3.05) is 7.11 Å². The van der Waals surface area contributed by atoms with Crippen molar-refractivity contribution >= 4 is 5.97 Å². The van der Waals surface area contributed by atoms with E-state index in [0.29, 0.717) is 6.42 Å². The van der Waals surface area contributed by atoms with Crippen LogP contribution < -0.4 is 0 Å². The summed E-state index contributed by atoms with van der Waals surface area (Å²) in [7, 11) is 1.53. The van der Waals surface area contributed by atoms with E-state index in [1.165, 1.54) is 7.11 Å². The van der Waals surface area contributed by atoms with Gasteiger partial charge in [-0.25, -0.2) is 4.79 Å². The molecule has 0 radical (unpaired) electrons. The monoisotopic (exact) mass is 214 g/mol. The molecule has 0 aromatic rings. The molecule has 0 aliphatic carbocycles. The van der Waals surface area contributed by atoms with Crippen molar-refractivity contribution < 1.29 is 19.0 Å². The van der Waals surface area contributed by atoms with E-state index < -0.39 is 18.0 Å². The van der Waals surface area contributed by atoms with Crippen molar-refractivity contribution in [1.82, 2.24) is 0 Å². The molecule has 0 bridgehead atoms. The van der Waals surface area contributed by atoms with Gasteiger partial charge in [-0.15, -0.1) is 0 Å². The van der Waals surface area contributed by atoms with Gasteiger partial charge in [0.15, 0.2) is 12.4 Å². The maximum Gasteiger partial charge on any atom is 0.336 e. The first-order valence-corrected chi connectivity index (χ1v) is 5.00. The third-order valence-corrected chi connectivity index (χ3v) is 1.84. The summed E-state index contributed by atoms with van der Waals surface area (Å²) in [5.41, 5.74) is -0.482. The lowest BCUT2D eigenvalue weighted by atomic mass is 10.1. The van der Waals surface area contributed by atoms with Crippen molar-refractivity contribution in [1.29, 1.82) is 0 Å². The Morgan fingerprint density at radius 3 is 2.67 bits per heavy atom. The molecule has 1 aliphatic rings. The second kappa shape index (κ2) is 4.77. The van der Waals surface area contributed by atoms with E-state index in [2.05, 4.69) is 0 Å². The van der Waals surface area contributed by atoms with Gasteiger partial charge in [-0.2, -0.15) is 0 Å². The molecule has 0 amide bonds. The third kappa shape index (κ3) is 4.01. The number of ether oxygens (including phenoxy) is 3. The van der Waals surface area contributed by atoms with Crippen LogP contribution in [0.2, 0.25) is 0 Å².